The van der Waals surface area contributed by atoms with Crippen LogP contribution in [0.5, 0.6) is 0 Å². The highest BCUT2D eigenvalue weighted by molar-refractivity contribution is 4.43. The van der Waals surface area contributed by atoms with Crippen molar-refractivity contribution in [2.24, 2.45) is 0 Å². The lowest BCUT2D eigenvalue weighted by atomic mass is 10.4. The fourth-order valence-corrected chi connectivity index (χ4v) is 0.510. The van der Waals surface area contributed by atoms with Crippen LogP contribution in [0.4, 0.5) is 0 Å². The minimum atomic E-state index is 0. The molecule has 1 fully saturated rings. The first-order chi connectivity index (χ1) is 2.50. The molecule has 0 unspecified atom stereocenters. The van der Waals surface area contributed by atoms with Gasteiger partial charge in [-0.3, -0.25) is 0 Å². The Balaban J connectivity index is -0.0000000167. The molecule has 0 saturated carbocycles. The van der Waals surface area contributed by atoms with Crippen LogP contribution >= 0.6 is 0 Å². The Hall–Kier alpha value is -0.240. The van der Waals surface area contributed by atoms with Crippen molar-refractivity contribution in [2.45, 2.75) is 12.8 Å². The SMILES string of the molecule is C1CCOC1.O.O.O.O.O. The Kier molecular flexibility index (Phi) is 77.0. The Bertz CT molecular complexity index is 21.3. The zero-order valence-corrected chi connectivity index (χ0v) is 5.74. The molecule has 0 aromatic carbocycles. The van der Waals surface area contributed by atoms with Gasteiger partial charge in [-0.1, -0.05) is 0 Å². The quantitative estimate of drug-likeness (QED) is 0.357. The summed E-state index contributed by atoms with van der Waals surface area (Å²) >= 11 is 0. The van der Waals surface area contributed by atoms with Gasteiger partial charge in [0, 0.05) is 13.2 Å². The Morgan fingerprint density at radius 1 is 0.600 bits per heavy atom. The first kappa shape index (κ1) is 33.1. The molecule has 0 radical (unpaired) electrons. The maximum absolute atomic E-state index is 4.94. The van der Waals surface area contributed by atoms with Crippen LogP contribution in [0.15, 0.2) is 0 Å². The predicted octanol–water partition coefficient (Wildman–Crippen LogP) is -3.33. The molecule has 6 heteroatoms. The van der Waals surface area contributed by atoms with Gasteiger partial charge < -0.3 is 32.1 Å². The molecule has 0 bridgehead atoms. The van der Waals surface area contributed by atoms with E-state index in [0.29, 0.717) is 0 Å². The Morgan fingerprint density at radius 2 is 0.900 bits per heavy atom. The van der Waals surface area contributed by atoms with Crippen LogP contribution in [0, 0.1) is 0 Å². The third kappa shape index (κ3) is 15.7. The molecule has 1 saturated heterocycles. The Morgan fingerprint density at radius 3 is 1.00 bits per heavy atom. The minimum Gasteiger partial charge on any atom is -0.412 e. The first-order valence-corrected chi connectivity index (χ1v) is 2.08. The van der Waals surface area contributed by atoms with Crippen LogP contribution in [-0.4, -0.2) is 40.6 Å². The van der Waals surface area contributed by atoms with Gasteiger partial charge in [-0.25, -0.2) is 0 Å². The van der Waals surface area contributed by atoms with Crippen LogP contribution in [0.3, 0.4) is 0 Å². The third-order valence-corrected chi connectivity index (χ3v) is 0.827. The molecule has 0 aromatic rings. The average molecular weight is 162 g/mol. The summed E-state index contributed by atoms with van der Waals surface area (Å²) in [7, 11) is 0. The molecule has 6 nitrogen and oxygen atoms in total. The maximum atomic E-state index is 4.94. The lowest BCUT2D eigenvalue weighted by Crippen LogP contribution is -1.74. The number of hydrogen-bond donors (Lipinski definition) is 0. The molecule has 1 aliphatic heterocycles. The van der Waals surface area contributed by atoms with Crippen LogP contribution in [0.1, 0.15) is 12.8 Å². The van der Waals surface area contributed by atoms with E-state index in [1.165, 1.54) is 12.8 Å². The summed E-state index contributed by atoms with van der Waals surface area (Å²) in [6, 6.07) is 0. The smallest absolute Gasteiger partial charge is 0.0466 e. The second-order valence-electron chi connectivity index (χ2n) is 1.32. The second-order valence-corrected chi connectivity index (χ2v) is 1.32. The Labute approximate surface area is 59.3 Å². The molecular weight excluding hydrogens is 144 g/mol. The molecule has 1 rings (SSSR count). The lowest BCUT2D eigenvalue weighted by Gasteiger charge is -1.76. The topological polar surface area (TPSA) is 167 Å². The highest BCUT2D eigenvalue weighted by Gasteiger charge is 1.94. The second kappa shape index (κ2) is 23.3. The van der Waals surface area contributed by atoms with E-state index >= 15 is 0 Å². The average Bonchev–Trinajstić information content (AvgIpc) is 1.76. The summed E-state index contributed by atoms with van der Waals surface area (Å²) in [5.41, 5.74) is 0. The van der Waals surface area contributed by atoms with E-state index in [-0.39, 0.29) is 27.4 Å². The maximum Gasteiger partial charge on any atom is 0.0466 e. The van der Waals surface area contributed by atoms with Crippen molar-refractivity contribution < 1.29 is 32.1 Å². The van der Waals surface area contributed by atoms with Gasteiger partial charge in [-0.15, -0.1) is 0 Å². The van der Waals surface area contributed by atoms with Gasteiger partial charge in [0.2, 0.25) is 0 Å². The van der Waals surface area contributed by atoms with Crippen LogP contribution < -0.4 is 0 Å². The molecular formula is C4H18O6. The van der Waals surface area contributed by atoms with Gasteiger partial charge in [-0.05, 0) is 12.8 Å². The predicted molar refractivity (Wildman–Crippen MR) is 38.1 cm³/mol. The summed E-state index contributed by atoms with van der Waals surface area (Å²) < 4.78 is 4.94. The van der Waals surface area contributed by atoms with Gasteiger partial charge >= 0.3 is 0 Å². The first-order valence-electron chi connectivity index (χ1n) is 2.08. The van der Waals surface area contributed by atoms with E-state index in [0.717, 1.165) is 13.2 Å². The summed E-state index contributed by atoms with van der Waals surface area (Å²) in [5.74, 6) is 0. The third-order valence-electron chi connectivity index (χ3n) is 0.827. The molecule has 10 heavy (non-hydrogen) atoms. The molecule has 0 aliphatic carbocycles. The number of ether oxygens (including phenoxy) is 1. The van der Waals surface area contributed by atoms with Crippen LogP contribution in [0.2, 0.25) is 0 Å². The van der Waals surface area contributed by atoms with E-state index in [2.05, 4.69) is 0 Å². The van der Waals surface area contributed by atoms with Crippen molar-refractivity contribution in [1.82, 2.24) is 0 Å². The van der Waals surface area contributed by atoms with Crippen LogP contribution in [-0.2, 0) is 4.74 Å². The fraction of sp³-hybridized carbons (Fsp3) is 1.00. The monoisotopic (exact) mass is 162 g/mol. The normalized spacial score (nSPS) is 12.0. The number of rotatable bonds is 0. The molecule has 1 heterocycles. The minimum absolute atomic E-state index is 0. The van der Waals surface area contributed by atoms with Gasteiger partial charge in [0.05, 0.1) is 0 Å². The summed E-state index contributed by atoms with van der Waals surface area (Å²) in [5, 5.41) is 0. The lowest BCUT2D eigenvalue weighted by molar-refractivity contribution is 0.198. The van der Waals surface area contributed by atoms with Gasteiger partial charge in [0.15, 0.2) is 0 Å². The fourth-order valence-electron chi connectivity index (χ4n) is 0.510. The molecule has 10 N–H and O–H groups in total. The van der Waals surface area contributed by atoms with Crippen LogP contribution in [0.25, 0.3) is 0 Å². The van der Waals surface area contributed by atoms with Crippen molar-refractivity contribution in [3.05, 3.63) is 0 Å². The summed E-state index contributed by atoms with van der Waals surface area (Å²) in [4.78, 5) is 0. The highest BCUT2D eigenvalue weighted by Crippen LogP contribution is 1.98. The molecule has 0 amide bonds. The van der Waals surface area contributed by atoms with Crippen molar-refractivity contribution in [1.29, 1.82) is 0 Å². The van der Waals surface area contributed by atoms with E-state index in [1.54, 1.807) is 0 Å². The van der Waals surface area contributed by atoms with E-state index in [9.17, 15) is 0 Å². The zero-order chi connectivity index (χ0) is 3.54. The van der Waals surface area contributed by atoms with Crippen molar-refractivity contribution in [2.75, 3.05) is 13.2 Å². The van der Waals surface area contributed by atoms with Gasteiger partial charge in [0.25, 0.3) is 0 Å². The van der Waals surface area contributed by atoms with E-state index in [4.69, 9.17) is 4.74 Å². The van der Waals surface area contributed by atoms with Crippen molar-refractivity contribution in [3.8, 4) is 0 Å². The van der Waals surface area contributed by atoms with Gasteiger partial charge in [-0.2, -0.15) is 0 Å². The standard InChI is InChI=1S/C4H8O.5H2O/c1-2-4-5-3-1;;;;;/h1-4H2;5*1H2. The molecule has 0 aromatic heterocycles. The molecule has 1 aliphatic rings. The molecule has 0 spiro atoms. The van der Waals surface area contributed by atoms with Crippen molar-refractivity contribution >= 4 is 0 Å². The zero-order valence-electron chi connectivity index (χ0n) is 5.74. The van der Waals surface area contributed by atoms with E-state index in [1.807, 2.05) is 0 Å². The molecule has 0 atom stereocenters. The van der Waals surface area contributed by atoms with Crippen molar-refractivity contribution in [3.63, 3.8) is 0 Å². The molecule has 70 valence electrons. The number of hydrogen-bond acceptors (Lipinski definition) is 1. The largest absolute Gasteiger partial charge is 0.412 e. The van der Waals surface area contributed by atoms with E-state index < -0.39 is 0 Å². The van der Waals surface area contributed by atoms with Gasteiger partial charge in [0.1, 0.15) is 0 Å². The highest BCUT2D eigenvalue weighted by atomic mass is 16.5. The summed E-state index contributed by atoms with van der Waals surface area (Å²) in [6.45, 7) is 2.00. The summed E-state index contributed by atoms with van der Waals surface area (Å²) in [6.07, 6.45) is 2.56.